The lowest BCUT2D eigenvalue weighted by Crippen LogP contribution is -2.39. The van der Waals surface area contributed by atoms with Crippen molar-refractivity contribution in [2.75, 3.05) is 11.5 Å². The Balaban J connectivity index is 1.65. The van der Waals surface area contributed by atoms with Crippen LogP contribution in [0.2, 0.25) is 0 Å². The number of nitrogens with zero attached hydrogens (tertiary/aromatic N) is 1. The van der Waals surface area contributed by atoms with Gasteiger partial charge in [0.15, 0.2) is 6.61 Å². The van der Waals surface area contributed by atoms with E-state index in [2.05, 4.69) is 0 Å². The normalized spacial score (nSPS) is 13.2. The Bertz CT molecular complexity index is 783. The van der Waals surface area contributed by atoms with Crippen molar-refractivity contribution in [3.05, 3.63) is 65.2 Å². The number of carbonyl (C=O) groups is 2. The van der Waals surface area contributed by atoms with Gasteiger partial charge in [0, 0.05) is 11.7 Å². The van der Waals surface area contributed by atoms with Crippen LogP contribution in [-0.4, -0.2) is 24.5 Å². The molecule has 4 heteroatoms. The number of hydrogen-bond donors (Lipinski definition) is 0. The highest BCUT2D eigenvalue weighted by atomic mass is 16.5. The number of benzene rings is 2. The van der Waals surface area contributed by atoms with Crippen LogP contribution in [0, 0.1) is 0 Å². The van der Waals surface area contributed by atoms with Crippen molar-refractivity contribution >= 4 is 17.6 Å². The first-order valence-corrected chi connectivity index (χ1v) is 9.22. The summed E-state index contributed by atoms with van der Waals surface area (Å²) < 4.78 is 5.30. The molecule has 0 N–H and O–H groups in total. The second-order valence-corrected chi connectivity index (χ2v) is 6.96. The van der Waals surface area contributed by atoms with Crippen molar-refractivity contribution in [3.63, 3.8) is 0 Å². The van der Waals surface area contributed by atoms with Crippen molar-refractivity contribution in [1.29, 1.82) is 0 Å². The maximum Gasteiger partial charge on any atom is 0.338 e. The average Bonchev–Trinajstić information content (AvgIpc) is 2.66. The first-order valence-electron chi connectivity index (χ1n) is 9.22. The van der Waals surface area contributed by atoms with Crippen LogP contribution in [0.5, 0.6) is 0 Å². The molecule has 0 aromatic heterocycles. The van der Waals surface area contributed by atoms with Gasteiger partial charge in [0.1, 0.15) is 0 Å². The number of esters is 1. The van der Waals surface area contributed by atoms with E-state index in [0.29, 0.717) is 5.56 Å². The molecule has 0 unspecified atom stereocenters. The molecule has 0 spiro atoms. The number of aryl methyl sites for hydroxylation is 2. The van der Waals surface area contributed by atoms with Gasteiger partial charge in [-0.05, 0) is 74.9 Å². The summed E-state index contributed by atoms with van der Waals surface area (Å²) in [6.45, 7) is 3.62. The van der Waals surface area contributed by atoms with Gasteiger partial charge < -0.3 is 9.64 Å². The van der Waals surface area contributed by atoms with E-state index in [4.69, 9.17) is 4.74 Å². The van der Waals surface area contributed by atoms with Gasteiger partial charge in [0.25, 0.3) is 5.91 Å². The Morgan fingerprint density at radius 3 is 2.38 bits per heavy atom. The van der Waals surface area contributed by atoms with E-state index in [1.165, 1.54) is 17.5 Å². The van der Waals surface area contributed by atoms with Crippen LogP contribution < -0.4 is 4.90 Å². The van der Waals surface area contributed by atoms with Gasteiger partial charge in [-0.2, -0.15) is 0 Å². The maximum absolute atomic E-state index is 12.6. The van der Waals surface area contributed by atoms with Crippen LogP contribution >= 0.6 is 0 Å². The number of anilines is 1. The van der Waals surface area contributed by atoms with Gasteiger partial charge in [0.05, 0.1) is 5.56 Å². The number of hydrogen-bond acceptors (Lipinski definition) is 3. The van der Waals surface area contributed by atoms with Crippen molar-refractivity contribution in [1.82, 2.24) is 0 Å². The lowest BCUT2D eigenvalue weighted by atomic mass is 9.90. The third-order valence-corrected chi connectivity index (χ3v) is 4.73. The fourth-order valence-electron chi connectivity index (χ4n) is 3.46. The van der Waals surface area contributed by atoms with Gasteiger partial charge >= 0.3 is 5.97 Å². The lowest BCUT2D eigenvalue weighted by Gasteiger charge is -2.26. The summed E-state index contributed by atoms with van der Waals surface area (Å²) in [6.07, 6.45) is 4.44. The van der Waals surface area contributed by atoms with Crippen LogP contribution in [0.15, 0.2) is 48.5 Å². The molecule has 3 rings (SSSR count). The monoisotopic (exact) mass is 351 g/mol. The zero-order valence-electron chi connectivity index (χ0n) is 15.4. The van der Waals surface area contributed by atoms with Gasteiger partial charge in [-0.3, -0.25) is 4.79 Å². The van der Waals surface area contributed by atoms with Crippen LogP contribution in [-0.2, 0) is 22.4 Å². The molecule has 1 aliphatic carbocycles. The molecular weight excluding hydrogens is 326 g/mol. The van der Waals surface area contributed by atoms with E-state index in [1.807, 2.05) is 56.3 Å². The summed E-state index contributed by atoms with van der Waals surface area (Å²) in [4.78, 5) is 26.6. The molecule has 0 aliphatic heterocycles. The molecule has 0 saturated heterocycles. The molecule has 0 saturated carbocycles. The van der Waals surface area contributed by atoms with Crippen molar-refractivity contribution in [2.24, 2.45) is 0 Å². The molecule has 0 fully saturated rings. The van der Waals surface area contributed by atoms with E-state index in [-0.39, 0.29) is 18.6 Å². The highest BCUT2D eigenvalue weighted by Gasteiger charge is 2.21. The van der Waals surface area contributed by atoms with E-state index < -0.39 is 5.97 Å². The molecule has 0 bridgehead atoms. The Kier molecular flexibility index (Phi) is 5.71. The number of rotatable bonds is 5. The number of fused-ring (bicyclic) bond motifs is 1. The van der Waals surface area contributed by atoms with Crippen LogP contribution in [0.25, 0.3) is 0 Å². The van der Waals surface area contributed by atoms with E-state index in [0.717, 1.165) is 24.9 Å². The highest BCUT2D eigenvalue weighted by molar-refractivity contribution is 5.97. The molecular formula is C22H25NO3. The van der Waals surface area contributed by atoms with E-state index in [9.17, 15) is 9.59 Å². The van der Waals surface area contributed by atoms with Gasteiger partial charge in [0.2, 0.25) is 0 Å². The van der Waals surface area contributed by atoms with Crippen molar-refractivity contribution in [3.8, 4) is 0 Å². The van der Waals surface area contributed by atoms with Gasteiger partial charge in [-0.25, -0.2) is 4.79 Å². The molecule has 2 aromatic rings. The minimum Gasteiger partial charge on any atom is -0.452 e. The molecule has 0 atom stereocenters. The summed E-state index contributed by atoms with van der Waals surface area (Å²) in [6, 6.07) is 15.1. The Morgan fingerprint density at radius 2 is 1.69 bits per heavy atom. The molecule has 1 amide bonds. The summed E-state index contributed by atoms with van der Waals surface area (Å²) in [5.74, 6) is -0.666. The second-order valence-electron chi connectivity index (χ2n) is 6.96. The molecule has 0 radical (unpaired) electrons. The maximum atomic E-state index is 12.6. The second kappa shape index (κ2) is 8.17. The Morgan fingerprint density at radius 1 is 1.00 bits per heavy atom. The predicted octanol–water partition coefficient (Wildman–Crippen LogP) is 4.16. The predicted molar refractivity (Wildman–Crippen MR) is 102 cm³/mol. The fourth-order valence-corrected chi connectivity index (χ4v) is 3.46. The number of para-hydroxylation sites is 1. The standard InChI is InChI=1S/C22H25NO3/c1-16(2)23(20-10-4-3-5-11-20)21(24)15-26-22(25)19-13-12-17-8-6-7-9-18(17)14-19/h3-5,10-14,16H,6-9,15H2,1-2H3. The largest absolute Gasteiger partial charge is 0.452 e. The smallest absolute Gasteiger partial charge is 0.338 e. The lowest BCUT2D eigenvalue weighted by molar-refractivity contribution is -0.122. The fraction of sp³-hybridized carbons (Fsp3) is 0.364. The molecule has 1 aliphatic rings. The van der Waals surface area contributed by atoms with Crippen molar-refractivity contribution < 1.29 is 14.3 Å². The number of carbonyl (C=O) groups excluding carboxylic acids is 2. The Labute approximate surface area is 154 Å². The molecule has 4 nitrogen and oxygen atoms in total. The summed E-state index contributed by atoms with van der Waals surface area (Å²) in [7, 11) is 0. The first-order chi connectivity index (χ1) is 12.6. The van der Waals surface area contributed by atoms with E-state index in [1.54, 1.807) is 11.0 Å². The minimum atomic E-state index is -0.441. The van der Waals surface area contributed by atoms with Gasteiger partial charge in [-0.1, -0.05) is 24.3 Å². The Hall–Kier alpha value is -2.62. The molecule has 136 valence electrons. The topological polar surface area (TPSA) is 46.6 Å². The van der Waals surface area contributed by atoms with Crippen molar-refractivity contribution in [2.45, 2.75) is 45.6 Å². The van der Waals surface area contributed by atoms with Crippen LogP contribution in [0.1, 0.15) is 48.2 Å². The third kappa shape index (κ3) is 4.13. The summed E-state index contributed by atoms with van der Waals surface area (Å²) >= 11 is 0. The zero-order chi connectivity index (χ0) is 18.5. The SMILES string of the molecule is CC(C)N(C(=O)COC(=O)c1ccc2c(c1)CCCC2)c1ccccc1. The summed E-state index contributed by atoms with van der Waals surface area (Å²) in [5, 5.41) is 0. The number of amides is 1. The quantitative estimate of drug-likeness (QED) is 0.760. The molecule has 2 aromatic carbocycles. The zero-order valence-corrected chi connectivity index (χ0v) is 15.4. The van der Waals surface area contributed by atoms with E-state index >= 15 is 0 Å². The summed E-state index contributed by atoms with van der Waals surface area (Å²) in [5.41, 5.74) is 3.87. The molecule has 0 heterocycles. The third-order valence-electron chi connectivity index (χ3n) is 4.73. The van der Waals surface area contributed by atoms with Crippen LogP contribution in [0.3, 0.4) is 0 Å². The minimum absolute atomic E-state index is 0.0210. The molecule has 26 heavy (non-hydrogen) atoms. The number of ether oxygens (including phenoxy) is 1. The average molecular weight is 351 g/mol. The first kappa shape index (κ1) is 18.2. The van der Waals surface area contributed by atoms with Crippen LogP contribution in [0.4, 0.5) is 5.69 Å². The van der Waals surface area contributed by atoms with Gasteiger partial charge in [-0.15, -0.1) is 0 Å². The highest BCUT2D eigenvalue weighted by Crippen LogP contribution is 2.23.